The topological polar surface area (TPSA) is 79.2 Å². The lowest BCUT2D eigenvalue weighted by molar-refractivity contribution is 0.0759. The molecule has 6 nitrogen and oxygen atoms in total. The van der Waals surface area contributed by atoms with E-state index < -0.39 is 6.10 Å². The minimum atomic E-state index is -0.605. The molecule has 0 bridgehead atoms. The molecular formula is C21H22N4O2. The minimum absolute atomic E-state index is 0.162. The van der Waals surface area contributed by atoms with Gasteiger partial charge in [-0.1, -0.05) is 30.3 Å². The molecule has 0 saturated carbocycles. The van der Waals surface area contributed by atoms with Crippen molar-refractivity contribution in [1.82, 2.24) is 19.9 Å². The summed E-state index contributed by atoms with van der Waals surface area (Å²) >= 11 is 0. The fourth-order valence-corrected chi connectivity index (χ4v) is 2.78. The van der Waals surface area contributed by atoms with E-state index in [9.17, 15) is 9.90 Å². The summed E-state index contributed by atoms with van der Waals surface area (Å²) < 4.78 is 0. The monoisotopic (exact) mass is 362 g/mol. The summed E-state index contributed by atoms with van der Waals surface area (Å²) in [6.45, 7) is 2.22. The van der Waals surface area contributed by atoms with Crippen LogP contribution >= 0.6 is 0 Å². The van der Waals surface area contributed by atoms with Gasteiger partial charge in [0.05, 0.1) is 17.4 Å². The van der Waals surface area contributed by atoms with E-state index in [0.717, 1.165) is 11.1 Å². The number of aliphatic hydroxyl groups excluding tert-OH is 1. The lowest BCUT2D eigenvalue weighted by atomic mass is 10.1. The van der Waals surface area contributed by atoms with Gasteiger partial charge in [0.25, 0.3) is 5.91 Å². The molecule has 1 N–H and O–H groups in total. The van der Waals surface area contributed by atoms with Crippen LogP contribution in [-0.2, 0) is 0 Å². The maximum atomic E-state index is 12.7. The second-order valence-electron chi connectivity index (χ2n) is 6.38. The van der Waals surface area contributed by atoms with Crippen LogP contribution in [0, 0.1) is 6.92 Å². The van der Waals surface area contributed by atoms with Crippen molar-refractivity contribution in [1.29, 1.82) is 0 Å². The van der Waals surface area contributed by atoms with E-state index >= 15 is 0 Å². The van der Waals surface area contributed by atoms with Crippen LogP contribution in [0.2, 0.25) is 0 Å². The molecule has 2 heterocycles. The molecule has 0 aliphatic heterocycles. The average Bonchev–Trinajstić information content (AvgIpc) is 2.72. The Kier molecular flexibility index (Phi) is 5.88. The second kappa shape index (κ2) is 8.51. The van der Waals surface area contributed by atoms with Gasteiger partial charge in [0.15, 0.2) is 5.82 Å². The van der Waals surface area contributed by atoms with Gasteiger partial charge in [-0.3, -0.25) is 9.78 Å². The molecule has 0 unspecified atom stereocenters. The van der Waals surface area contributed by atoms with E-state index in [4.69, 9.17) is 0 Å². The Hall–Kier alpha value is -3.12. The van der Waals surface area contributed by atoms with E-state index in [0.29, 0.717) is 30.0 Å². The molecule has 0 fully saturated rings. The fraction of sp³-hybridized carbons (Fsp3) is 0.238. The van der Waals surface area contributed by atoms with Gasteiger partial charge in [-0.2, -0.15) is 0 Å². The van der Waals surface area contributed by atoms with Crippen molar-refractivity contribution in [3.05, 3.63) is 77.9 Å². The average molecular weight is 362 g/mol. The molecule has 0 saturated heterocycles. The van der Waals surface area contributed by atoms with Gasteiger partial charge in [0.1, 0.15) is 0 Å². The molecule has 3 aromatic rings. The van der Waals surface area contributed by atoms with E-state index in [1.54, 1.807) is 37.5 Å². The number of carbonyl (C=O) groups is 1. The van der Waals surface area contributed by atoms with Crippen molar-refractivity contribution >= 4 is 5.91 Å². The molecule has 3 rings (SSSR count). The number of pyridine rings is 1. The summed E-state index contributed by atoms with van der Waals surface area (Å²) in [5, 5.41) is 10.3. The number of aryl methyl sites for hydroxylation is 1. The number of aromatic nitrogens is 3. The van der Waals surface area contributed by atoms with Gasteiger partial charge >= 0.3 is 0 Å². The van der Waals surface area contributed by atoms with Crippen LogP contribution < -0.4 is 0 Å². The Morgan fingerprint density at radius 1 is 1.15 bits per heavy atom. The maximum absolute atomic E-state index is 12.7. The zero-order chi connectivity index (χ0) is 19.2. The van der Waals surface area contributed by atoms with Crippen molar-refractivity contribution in [3.63, 3.8) is 0 Å². The van der Waals surface area contributed by atoms with Crippen molar-refractivity contribution in [2.24, 2.45) is 0 Å². The highest BCUT2D eigenvalue weighted by molar-refractivity contribution is 5.94. The Morgan fingerprint density at radius 3 is 2.59 bits per heavy atom. The Labute approximate surface area is 158 Å². The molecule has 6 heteroatoms. The van der Waals surface area contributed by atoms with E-state index in [2.05, 4.69) is 15.0 Å². The first-order valence-corrected chi connectivity index (χ1v) is 8.79. The number of nitrogens with zero attached hydrogens (tertiary/aromatic N) is 4. The van der Waals surface area contributed by atoms with Gasteiger partial charge < -0.3 is 10.0 Å². The normalized spacial score (nSPS) is 11.8. The third kappa shape index (κ3) is 4.54. The summed E-state index contributed by atoms with van der Waals surface area (Å²) in [6.07, 6.45) is 4.78. The van der Waals surface area contributed by atoms with E-state index in [1.807, 2.05) is 42.5 Å². The number of hydrogen-bond donors (Lipinski definition) is 1. The molecule has 1 aromatic carbocycles. The number of benzene rings is 1. The van der Waals surface area contributed by atoms with Crippen LogP contribution in [0.15, 0.2) is 61.1 Å². The third-order valence-electron chi connectivity index (χ3n) is 4.40. The smallest absolute Gasteiger partial charge is 0.257 e. The minimum Gasteiger partial charge on any atom is -0.388 e. The number of hydrogen-bond acceptors (Lipinski definition) is 5. The summed E-state index contributed by atoms with van der Waals surface area (Å²) in [5.74, 6) is 0.379. The SMILES string of the molecule is Cc1nc(-c2cccnc2)ncc1C(=O)N(C)CC[C@H](O)c1ccccc1. The van der Waals surface area contributed by atoms with Crippen molar-refractivity contribution in [2.45, 2.75) is 19.4 Å². The predicted octanol–water partition coefficient (Wildman–Crippen LogP) is 3.04. The number of amides is 1. The molecule has 138 valence electrons. The summed E-state index contributed by atoms with van der Waals surface area (Å²) in [6, 6.07) is 13.1. The molecule has 1 amide bonds. The van der Waals surface area contributed by atoms with Crippen LogP contribution in [0.3, 0.4) is 0 Å². The van der Waals surface area contributed by atoms with Crippen LogP contribution in [-0.4, -0.2) is 44.5 Å². The molecule has 27 heavy (non-hydrogen) atoms. The summed E-state index contributed by atoms with van der Waals surface area (Å²) in [5.41, 5.74) is 2.72. The maximum Gasteiger partial charge on any atom is 0.257 e. The van der Waals surface area contributed by atoms with E-state index in [1.165, 1.54) is 0 Å². The zero-order valence-corrected chi connectivity index (χ0v) is 15.4. The van der Waals surface area contributed by atoms with Crippen molar-refractivity contribution < 1.29 is 9.90 Å². The van der Waals surface area contributed by atoms with Crippen LogP contribution in [0.1, 0.15) is 34.1 Å². The molecule has 0 aliphatic rings. The third-order valence-corrected chi connectivity index (χ3v) is 4.40. The van der Waals surface area contributed by atoms with Crippen LogP contribution in [0.5, 0.6) is 0 Å². The predicted molar refractivity (Wildman–Crippen MR) is 103 cm³/mol. The molecule has 0 aliphatic carbocycles. The number of carbonyl (C=O) groups excluding carboxylic acids is 1. The Balaban J connectivity index is 1.66. The highest BCUT2D eigenvalue weighted by Crippen LogP contribution is 2.18. The van der Waals surface area contributed by atoms with Crippen molar-refractivity contribution in [3.8, 4) is 11.4 Å². The number of rotatable bonds is 6. The first kappa shape index (κ1) is 18.7. The lowest BCUT2D eigenvalue weighted by Gasteiger charge is -2.20. The van der Waals surface area contributed by atoms with Gasteiger partial charge in [0.2, 0.25) is 0 Å². The van der Waals surface area contributed by atoms with Gasteiger partial charge in [0, 0.05) is 37.7 Å². The van der Waals surface area contributed by atoms with Gasteiger partial charge in [-0.15, -0.1) is 0 Å². The second-order valence-corrected chi connectivity index (χ2v) is 6.38. The lowest BCUT2D eigenvalue weighted by Crippen LogP contribution is -2.29. The first-order chi connectivity index (χ1) is 13.1. The number of aliphatic hydroxyl groups is 1. The first-order valence-electron chi connectivity index (χ1n) is 8.79. The van der Waals surface area contributed by atoms with Crippen LogP contribution in [0.4, 0.5) is 0 Å². The quantitative estimate of drug-likeness (QED) is 0.729. The van der Waals surface area contributed by atoms with Gasteiger partial charge in [-0.05, 0) is 31.0 Å². The van der Waals surface area contributed by atoms with E-state index in [-0.39, 0.29) is 5.91 Å². The Bertz CT molecular complexity index is 901. The summed E-state index contributed by atoms with van der Waals surface area (Å²) in [4.78, 5) is 27.1. The highest BCUT2D eigenvalue weighted by atomic mass is 16.3. The highest BCUT2D eigenvalue weighted by Gasteiger charge is 2.18. The Morgan fingerprint density at radius 2 is 1.93 bits per heavy atom. The summed E-state index contributed by atoms with van der Waals surface area (Å²) in [7, 11) is 1.72. The zero-order valence-electron chi connectivity index (χ0n) is 15.4. The molecule has 0 radical (unpaired) electrons. The molecule has 1 atom stereocenters. The molecule has 0 spiro atoms. The van der Waals surface area contributed by atoms with Crippen LogP contribution in [0.25, 0.3) is 11.4 Å². The largest absolute Gasteiger partial charge is 0.388 e. The standard InChI is InChI=1S/C21H22N4O2/c1-15-18(14-23-20(24-15)17-9-6-11-22-13-17)21(27)25(2)12-10-19(26)16-7-4-3-5-8-16/h3-9,11,13-14,19,26H,10,12H2,1-2H3/t19-/m0/s1. The van der Waals surface area contributed by atoms with Gasteiger partial charge in [-0.25, -0.2) is 9.97 Å². The molecule has 2 aromatic heterocycles. The molecular weight excluding hydrogens is 340 g/mol. The van der Waals surface area contributed by atoms with Crippen molar-refractivity contribution in [2.75, 3.05) is 13.6 Å². The fourth-order valence-electron chi connectivity index (χ4n) is 2.78.